The van der Waals surface area contributed by atoms with Gasteiger partial charge in [0.1, 0.15) is 0 Å². The molecule has 21 heavy (non-hydrogen) atoms. The van der Waals surface area contributed by atoms with Gasteiger partial charge in [-0.15, -0.1) is 0 Å². The number of primary amides is 1. The molecule has 1 aromatic carbocycles. The highest BCUT2D eigenvalue weighted by atomic mass is 16.4. The molecule has 1 fully saturated rings. The number of hydrogen-bond donors (Lipinski definition) is 3. The lowest BCUT2D eigenvalue weighted by molar-refractivity contribution is 0.0652. The number of anilines is 1. The van der Waals surface area contributed by atoms with Crippen molar-refractivity contribution in [2.45, 2.75) is 0 Å². The topological polar surface area (TPSA) is 124 Å². The van der Waals surface area contributed by atoms with Crippen LogP contribution in [0.1, 0.15) is 20.7 Å². The zero-order chi connectivity index (χ0) is 15.6. The van der Waals surface area contributed by atoms with Gasteiger partial charge in [0.05, 0.1) is 16.8 Å². The number of amides is 2. The van der Waals surface area contributed by atoms with Crippen molar-refractivity contribution in [1.29, 1.82) is 0 Å². The average molecular weight is 293 g/mol. The molecule has 0 aliphatic carbocycles. The van der Waals surface area contributed by atoms with Crippen LogP contribution in [0, 0.1) is 0 Å². The molecule has 2 amide bonds. The predicted molar refractivity (Wildman–Crippen MR) is 73.7 cm³/mol. The van der Waals surface area contributed by atoms with Gasteiger partial charge in [-0.05, 0) is 12.1 Å². The van der Waals surface area contributed by atoms with E-state index in [9.17, 15) is 19.5 Å². The molecule has 1 aliphatic heterocycles. The third-order valence-electron chi connectivity index (χ3n) is 3.42. The first-order valence-electron chi connectivity index (χ1n) is 6.30. The summed E-state index contributed by atoms with van der Waals surface area (Å²) in [6, 6.07) is 3.81. The van der Waals surface area contributed by atoms with Crippen LogP contribution >= 0.6 is 0 Å². The summed E-state index contributed by atoms with van der Waals surface area (Å²) in [6.45, 7) is 1.52. The molecule has 0 radical (unpaired) electrons. The number of carbonyl (C=O) groups is 3. The summed E-state index contributed by atoms with van der Waals surface area (Å²) in [5, 5.41) is 18.4. The monoisotopic (exact) mass is 293 g/mol. The number of nitrogens with two attached hydrogens (primary N) is 1. The Morgan fingerprint density at radius 1 is 1.00 bits per heavy atom. The minimum atomic E-state index is -1.29. The number of carboxylic acids is 2. The van der Waals surface area contributed by atoms with Crippen molar-refractivity contribution in [3.05, 3.63) is 29.3 Å². The van der Waals surface area contributed by atoms with Gasteiger partial charge in [0.25, 0.3) is 0 Å². The van der Waals surface area contributed by atoms with Gasteiger partial charge in [0.2, 0.25) is 0 Å². The van der Waals surface area contributed by atoms with Gasteiger partial charge in [-0.3, -0.25) is 0 Å². The number of rotatable bonds is 3. The van der Waals surface area contributed by atoms with Crippen molar-refractivity contribution in [2.24, 2.45) is 5.73 Å². The normalized spacial score (nSPS) is 14.9. The molecule has 8 heteroatoms. The smallest absolute Gasteiger partial charge is 0.338 e. The maximum Gasteiger partial charge on any atom is 0.338 e. The molecule has 1 heterocycles. The third-order valence-corrected chi connectivity index (χ3v) is 3.42. The number of urea groups is 1. The van der Waals surface area contributed by atoms with E-state index in [1.807, 2.05) is 0 Å². The summed E-state index contributed by atoms with van der Waals surface area (Å²) in [5.41, 5.74) is 5.04. The molecule has 4 N–H and O–H groups in total. The largest absolute Gasteiger partial charge is 0.478 e. The quantitative estimate of drug-likeness (QED) is 0.735. The number of carboxylic acid groups (broad SMARTS) is 2. The van der Waals surface area contributed by atoms with Gasteiger partial charge in [-0.2, -0.15) is 0 Å². The summed E-state index contributed by atoms with van der Waals surface area (Å²) in [6.07, 6.45) is 0. The van der Waals surface area contributed by atoms with E-state index in [2.05, 4.69) is 0 Å². The Morgan fingerprint density at radius 2 is 1.62 bits per heavy atom. The first-order chi connectivity index (χ1) is 9.91. The van der Waals surface area contributed by atoms with E-state index < -0.39 is 18.0 Å². The fourth-order valence-electron chi connectivity index (χ4n) is 2.37. The lowest BCUT2D eigenvalue weighted by Crippen LogP contribution is -2.50. The highest BCUT2D eigenvalue weighted by Gasteiger charge is 2.26. The second-order valence-electron chi connectivity index (χ2n) is 4.62. The first-order valence-corrected chi connectivity index (χ1v) is 6.30. The Bertz CT molecular complexity index is 593. The summed E-state index contributed by atoms with van der Waals surface area (Å²) < 4.78 is 0. The maximum atomic E-state index is 11.4. The van der Waals surface area contributed by atoms with E-state index in [0.29, 0.717) is 31.9 Å². The lowest BCUT2D eigenvalue weighted by atomic mass is 10.0. The third kappa shape index (κ3) is 2.88. The van der Waals surface area contributed by atoms with E-state index in [1.165, 1.54) is 17.0 Å². The Kier molecular flexibility index (Phi) is 3.97. The van der Waals surface area contributed by atoms with Crippen molar-refractivity contribution in [3.8, 4) is 0 Å². The molecule has 1 aliphatic rings. The van der Waals surface area contributed by atoms with Crippen LogP contribution in [-0.4, -0.2) is 59.3 Å². The number of piperazine rings is 1. The van der Waals surface area contributed by atoms with E-state index >= 15 is 0 Å². The lowest BCUT2D eigenvalue weighted by Gasteiger charge is -2.36. The van der Waals surface area contributed by atoms with Gasteiger partial charge < -0.3 is 25.7 Å². The van der Waals surface area contributed by atoms with Crippen LogP contribution in [0.15, 0.2) is 18.2 Å². The molecule has 2 rings (SSSR count). The second kappa shape index (κ2) is 5.70. The van der Waals surface area contributed by atoms with E-state index in [1.54, 1.807) is 11.0 Å². The number of carbonyl (C=O) groups excluding carboxylic acids is 1. The molecule has 0 spiro atoms. The molecule has 0 atom stereocenters. The summed E-state index contributed by atoms with van der Waals surface area (Å²) >= 11 is 0. The van der Waals surface area contributed by atoms with Crippen molar-refractivity contribution >= 4 is 23.7 Å². The average Bonchev–Trinajstić information content (AvgIpc) is 2.46. The van der Waals surface area contributed by atoms with Crippen LogP contribution < -0.4 is 10.6 Å². The standard InChI is InChI=1S/C13H15N3O5/c14-13(21)16-6-4-15(5-7-16)9-3-1-2-8(11(17)18)10(9)12(19)20/h1-3H,4-7H2,(H2,14,21)(H,17,18)(H,19,20). The Labute approximate surface area is 120 Å². The van der Waals surface area contributed by atoms with Gasteiger partial charge >= 0.3 is 18.0 Å². The molecule has 8 nitrogen and oxygen atoms in total. The van der Waals surface area contributed by atoms with E-state index in [4.69, 9.17) is 10.8 Å². The summed E-state index contributed by atoms with van der Waals surface area (Å²) in [4.78, 5) is 36.8. The number of aromatic carboxylic acids is 2. The number of hydrogen-bond acceptors (Lipinski definition) is 4. The van der Waals surface area contributed by atoms with E-state index in [-0.39, 0.29) is 11.1 Å². The zero-order valence-electron chi connectivity index (χ0n) is 11.2. The summed E-state index contributed by atoms with van der Waals surface area (Å²) in [7, 11) is 0. The van der Waals surface area contributed by atoms with Crippen LogP contribution in [0.5, 0.6) is 0 Å². The SMILES string of the molecule is NC(=O)N1CCN(c2cccc(C(=O)O)c2C(=O)O)CC1. The zero-order valence-corrected chi connectivity index (χ0v) is 11.2. The van der Waals surface area contributed by atoms with Crippen LogP contribution in [0.25, 0.3) is 0 Å². The summed E-state index contributed by atoms with van der Waals surface area (Å²) in [5.74, 6) is -2.58. The molecule has 0 saturated carbocycles. The molecule has 1 aromatic rings. The molecular weight excluding hydrogens is 278 g/mol. The molecule has 0 aromatic heterocycles. The minimum absolute atomic E-state index is 0.238. The molecule has 0 unspecified atom stereocenters. The highest BCUT2D eigenvalue weighted by Crippen LogP contribution is 2.25. The molecule has 1 saturated heterocycles. The predicted octanol–water partition coefficient (Wildman–Crippen LogP) is 0.284. The van der Waals surface area contributed by atoms with Crippen molar-refractivity contribution in [3.63, 3.8) is 0 Å². The minimum Gasteiger partial charge on any atom is -0.478 e. The van der Waals surface area contributed by atoms with Crippen LogP contribution in [0.3, 0.4) is 0 Å². The van der Waals surface area contributed by atoms with E-state index in [0.717, 1.165) is 0 Å². The van der Waals surface area contributed by atoms with Crippen molar-refractivity contribution in [1.82, 2.24) is 4.90 Å². The fourth-order valence-corrected chi connectivity index (χ4v) is 2.37. The van der Waals surface area contributed by atoms with Crippen LogP contribution in [0.2, 0.25) is 0 Å². The number of benzene rings is 1. The van der Waals surface area contributed by atoms with Gasteiger partial charge in [0, 0.05) is 26.2 Å². The molecule has 0 bridgehead atoms. The van der Waals surface area contributed by atoms with Crippen molar-refractivity contribution < 1.29 is 24.6 Å². The first kappa shape index (κ1) is 14.6. The maximum absolute atomic E-state index is 11.4. The Balaban J connectivity index is 2.33. The van der Waals surface area contributed by atoms with Gasteiger partial charge in [-0.1, -0.05) is 6.07 Å². The van der Waals surface area contributed by atoms with Crippen molar-refractivity contribution in [2.75, 3.05) is 31.1 Å². The van der Waals surface area contributed by atoms with Crippen LogP contribution in [0.4, 0.5) is 10.5 Å². The van der Waals surface area contributed by atoms with Gasteiger partial charge in [-0.25, -0.2) is 14.4 Å². The highest BCUT2D eigenvalue weighted by molar-refractivity contribution is 6.06. The Hall–Kier alpha value is -2.77. The molecular formula is C13H15N3O5. The second-order valence-corrected chi connectivity index (χ2v) is 4.62. The Morgan fingerprint density at radius 3 is 2.10 bits per heavy atom. The fraction of sp³-hybridized carbons (Fsp3) is 0.308. The van der Waals surface area contributed by atoms with Gasteiger partial charge in [0.15, 0.2) is 0 Å². The molecule has 112 valence electrons. The van der Waals surface area contributed by atoms with Crippen LogP contribution in [-0.2, 0) is 0 Å². The number of nitrogens with zero attached hydrogens (tertiary/aromatic N) is 2.